The van der Waals surface area contributed by atoms with Gasteiger partial charge >= 0.3 is 0 Å². The summed E-state index contributed by atoms with van der Waals surface area (Å²) in [5.41, 5.74) is 3.92. The van der Waals surface area contributed by atoms with Gasteiger partial charge in [-0.05, 0) is 50.3 Å². The van der Waals surface area contributed by atoms with Gasteiger partial charge in [-0.3, -0.25) is 0 Å². The quantitative estimate of drug-likeness (QED) is 0.413. The summed E-state index contributed by atoms with van der Waals surface area (Å²) >= 11 is 5.27. The van der Waals surface area contributed by atoms with Crippen molar-refractivity contribution in [3.8, 4) is 17.1 Å². The highest BCUT2D eigenvalue weighted by molar-refractivity contribution is 7.71. The minimum absolute atomic E-state index is 0.278. The van der Waals surface area contributed by atoms with Gasteiger partial charge in [0.15, 0.2) is 5.82 Å². The number of para-hydroxylation sites is 1. The van der Waals surface area contributed by atoms with Gasteiger partial charge in [0.1, 0.15) is 5.82 Å². The second-order valence-corrected chi connectivity index (χ2v) is 6.61. The van der Waals surface area contributed by atoms with Crippen LogP contribution >= 0.6 is 12.2 Å². The van der Waals surface area contributed by atoms with E-state index in [0.29, 0.717) is 11.4 Å². The number of hydrogen-bond acceptors (Lipinski definition) is 4. The Hall–Kier alpha value is -3.39. The third kappa shape index (κ3) is 3.18. The van der Waals surface area contributed by atoms with Gasteiger partial charge in [0.05, 0.1) is 28.9 Å². The number of H-pyrrole nitrogens is 1. The van der Waals surface area contributed by atoms with Crippen LogP contribution in [-0.4, -0.2) is 30.9 Å². The van der Waals surface area contributed by atoms with Crippen molar-refractivity contribution in [1.29, 1.82) is 0 Å². The molecule has 0 unspecified atom stereocenters. The monoisotopic (exact) mass is 392 g/mol. The lowest BCUT2D eigenvalue weighted by Crippen LogP contribution is -2.00. The Bertz CT molecular complexity index is 1220. The summed E-state index contributed by atoms with van der Waals surface area (Å²) in [6.07, 6.45) is 1.67. The van der Waals surface area contributed by atoms with Gasteiger partial charge in [-0.15, -0.1) is 0 Å². The van der Waals surface area contributed by atoms with Gasteiger partial charge in [-0.25, -0.2) is 14.2 Å². The lowest BCUT2D eigenvalue weighted by Gasteiger charge is -2.04. The van der Waals surface area contributed by atoms with Crippen LogP contribution in [-0.2, 0) is 0 Å². The molecule has 8 heteroatoms. The summed E-state index contributed by atoms with van der Waals surface area (Å²) in [6.45, 7) is 3.89. The van der Waals surface area contributed by atoms with Crippen LogP contribution in [0.1, 0.15) is 17.0 Å². The summed E-state index contributed by atoms with van der Waals surface area (Å²) in [7, 11) is 0. The van der Waals surface area contributed by atoms with E-state index >= 15 is 0 Å². The molecular formula is C20H17FN6S. The Labute approximate surface area is 166 Å². The van der Waals surface area contributed by atoms with Gasteiger partial charge in [-0.1, -0.05) is 30.3 Å². The molecule has 2 heterocycles. The highest BCUT2D eigenvalue weighted by Crippen LogP contribution is 2.21. The molecule has 0 radical (unpaired) electrons. The van der Waals surface area contributed by atoms with E-state index in [1.165, 1.54) is 10.7 Å². The molecule has 4 aromatic rings. The molecule has 0 amide bonds. The maximum absolute atomic E-state index is 14.2. The first kappa shape index (κ1) is 18.0. The van der Waals surface area contributed by atoms with Crippen LogP contribution in [0.3, 0.4) is 0 Å². The van der Waals surface area contributed by atoms with Crippen LogP contribution in [0.15, 0.2) is 59.7 Å². The van der Waals surface area contributed by atoms with Gasteiger partial charge in [0.25, 0.3) is 0 Å². The SMILES string of the molecule is Cc1nn(-c2ccccc2)c(C)c1C=Nn1c(-c2ccccc2F)n[nH]c1=S. The van der Waals surface area contributed by atoms with Gasteiger partial charge in [0, 0.05) is 5.56 Å². The maximum Gasteiger partial charge on any atom is 0.216 e. The maximum atomic E-state index is 14.2. The number of hydrogen-bond donors (Lipinski definition) is 1. The number of aryl methyl sites for hydroxylation is 1. The molecule has 0 atom stereocenters. The van der Waals surface area contributed by atoms with E-state index in [9.17, 15) is 4.39 Å². The van der Waals surface area contributed by atoms with Gasteiger partial charge < -0.3 is 0 Å². The molecule has 0 aliphatic carbocycles. The van der Waals surface area contributed by atoms with E-state index in [1.54, 1.807) is 24.4 Å². The van der Waals surface area contributed by atoms with E-state index in [0.717, 1.165) is 22.6 Å². The molecule has 0 bridgehead atoms. The highest BCUT2D eigenvalue weighted by Gasteiger charge is 2.14. The van der Waals surface area contributed by atoms with Crippen molar-refractivity contribution < 1.29 is 4.39 Å². The second-order valence-electron chi connectivity index (χ2n) is 6.22. The molecule has 1 N–H and O–H groups in total. The number of halogens is 1. The van der Waals surface area contributed by atoms with Crippen molar-refractivity contribution in [3.63, 3.8) is 0 Å². The molecule has 0 saturated heterocycles. The fraction of sp³-hybridized carbons (Fsp3) is 0.100. The van der Waals surface area contributed by atoms with Crippen molar-refractivity contribution in [1.82, 2.24) is 24.7 Å². The fourth-order valence-corrected chi connectivity index (χ4v) is 3.17. The Kier molecular flexibility index (Phi) is 4.70. The summed E-state index contributed by atoms with van der Waals surface area (Å²) in [5, 5.41) is 15.9. The fourth-order valence-electron chi connectivity index (χ4n) is 2.99. The lowest BCUT2D eigenvalue weighted by molar-refractivity contribution is 0.628. The number of nitrogens with zero attached hydrogens (tertiary/aromatic N) is 5. The minimum Gasteiger partial charge on any atom is -0.250 e. The first-order valence-corrected chi connectivity index (χ1v) is 9.05. The zero-order chi connectivity index (χ0) is 19.7. The smallest absolute Gasteiger partial charge is 0.216 e. The summed E-state index contributed by atoms with van der Waals surface area (Å²) in [4.78, 5) is 0. The van der Waals surface area contributed by atoms with E-state index in [2.05, 4.69) is 20.4 Å². The van der Waals surface area contributed by atoms with Crippen molar-refractivity contribution in [2.45, 2.75) is 13.8 Å². The molecule has 0 aliphatic heterocycles. The van der Waals surface area contributed by atoms with Crippen LogP contribution in [0.25, 0.3) is 17.1 Å². The number of rotatable bonds is 4. The average Bonchev–Trinajstić information content (AvgIpc) is 3.20. The zero-order valence-electron chi connectivity index (χ0n) is 15.3. The highest BCUT2D eigenvalue weighted by atomic mass is 32.1. The molecular weight excluding hydrogens is 375 g/mol. The number of aromatic amines is 1. The van der Waals surface area contributed by atoms with Gasteiger partial charge in [0.2, 0.25) is 4.77 Å². The number of nitrogens with one attached hydrogen (secondary N) is 1. The topological polar surface area (TPSA) is 63.8 Å². The van der Waals surface area contributed by atoms with Crippen LogP contribution in [0.4, 0.5) is 4.39 Å². The molecule has 2 aromatic carbocycles. The average molecular weight is 392 g/mol. The van der Waals surface area contributed by atoms with E-state index < -0.39 is 5.82 Å². The van der Waals surface area contributed by atoms with Crippen molar-refractivity contribution in [3.05, 3.63) is 82.1 Å². The van der Waals surface area contributed by atoms with E-state index in [4.69, 9.17) is 12.2 Å². The van der Waals surface area contributed by atoms with E-state index in [1.807, 2.05) is 48.9 Å². The van der Waals surface area contributed by atoms with Crippen molar-refractivity contribution >= 4 is 18.4 Å². The zero-order valence-corrected chi connectivity index (χ0v) is 16.1. The Morgan fingerprint density at radius 3 is 2.54 bits per heavy atom. The van der Waals surface area contributed by atoms with Crippen molar-refractivity contribution in [2.75, 3.05) is 0 Å². The molecule has 0 fully saturated rings. The van der Waals surface area contributed by atoms with E-state index in [-0.39, 0.29) is 4.77 Å². The predicted octanol–water partition coefficient (Wildman–Crippen LogP) is 4.43. The van der Waals surface area contributed by atoms with Crippen molar-refractivity contribution in [2.24, 2.45) is 5.10 Å². The first-order chi connectivity index (χ1) is 13.6. The van der Waals surface area contributed by atoms with Gasteiger partial charge in [-0.2, -0.15) is 20.0 Å². The van der Waals surface area contributed by atoms with Crippen LogP contribution < -0.4 is 0 Å². The Balaban J connectivity index is 1.76. The molecule has 0 spiro atoms. The van der Waals surface area contributed by atoms with Crippen LogP contribution in [0.2, 0.25) is 0 Å². The molecule has 6 nitrogen and oxygen atoms in total. The summed E-state index contributed by atoms with van der Waals surface area (Å²) < 4.78 is 17.7. The molecule has 0 aliphatic rings. The molecule has 0 saturated carbocycles. The minimum atomic E-state index is -0.391. The third-order valence-corrected chi connectivity index (χ3v) is 4.68. The number of aromatic nitrogens is 5. The normalized spacial score (nSPS) is 11.4. The number of benzene rings is 2. The second kappa shape index (κ2) is 7.32. The van der Waals surface area contributed by atoms with Crippen LogP contribution in [0.5, 0.6) is 0 Å². The predicted molar refractivity (Wildman–Crippen MR) is 109 cm³/mol. The summed E-state index contributed by atoms with van der Waals surface area (Å²) in [6, 6.07) is 16.2. The van der Waals surface area contributed by atoms with Crippen LogP contribution in [0, 0.1) is 24.4 Å². The molecule has 140 valence electrons. The molecule has 28 heavy (non-hydrogen) atoms. The third-order valence-electron chi connectivity index (χ3n) is 4.42. The standard InChI is InChI=1S/C20H17FN6S/c1-13-17(14(2)26(25-13)15-8-4-3-5-9-15)12-22-27-19(23-24-20(27)28)16-10-6-7-11-18(16)21/h3-12H,1-2H3,(H,24,28). The molecule has 2 aromatic heterocycles. The Morgan fingerprint density at radius 2 is 1.79 bits per heavy atom. The lowest BCUT2D eigenvalue weighted by atomic mass is 10.2. The molecule has 4 rings (SSSR count). The summed E-state index contributed by atoms with van der Waals surface area (Å²) in [5.74, 6) is -0.0812. The Morgan fingerprint density at radius 1 is 1.07 bits per heavy atom. The first-order valence-electron chi connectivity index (χ1n) is 8.64. The largest absolute Gasteiger partial charge is 0.250 e.